The van der Waals surface area contributed by atoms with E-state index in [-0.39, 0.29) is 23.0 Å². The number of fused-ring (bicyclic) bond motifs is 1. The average molecular weight is 479 g/mol. The van der Waals surface area contributed by atoms with Crippen LogP contribution in [-0.2, 0) is 10.9 Å². The summed E-state index contributed by atoms with van der Waals surface area (Å²) >= 11 is 0. The minimum Gasteiger partial charge on any atom is -0.443 e. The first-order valence-corrected chi connectivity index (χ1v) is 11.1. The van der Waals surface area contributed by atoms with Gasteiger partial charge in [0.05, 0.1) is 0 Å². The van der Waals surface area contributed by atoms with Gasteiger partial charge in [0, 0.05) is 35.6 Å². The zero-order valence-electron chi connectivity index (χ0n) is 17.8. The van der Waals surface area contributed by atoms with E-state index >= 15 is 4.39 Å². The molecule has 0 aromatic carbocycles. The molecule has 3 N–H and O–H groups in total. The van der Waals surface area contributed by atoms with E-state index in [2.05, 4.69) is 30.8 Å². The van der Waals surface area contributed by atoms with Gasteiger partial charge in [0.15, 0.2) is 11.5 Å². The van der Waals surface area contributed by atoms with Gasteiger partial charge in [0.1, 0.15) is 17.9 Å². The number of H-pyrrole nitrogens is 1. The van der Waals surface area contributed by atoms with Gasteiger partial charge in [-0.05, 0) is 44.1 Å². The third kappa shape index (κ3) is 3.53. The number of carbonyl (C=O) groups is 1. The Hall–Kier alpha value is -3.38. The monoisotopic (exact) mass is 479 g/mol. The molecule has 3 aromatic rings. The third-order valence-electron chi connectivity index (χ3n) is 7.07. The van der Waals surface area contributed by atoms with E-state index in [1.165, 1.54) is 16.7 Å². The molecule has 0 unspecified atom stereocenters. The van der Waals surface area contributed by atoms with Crippen LogP contribution < -0.4 is 10.6 Å². The third-order valence-corrected chi connectivity index (χ3v) is 7.07. The number of rotatable bonds is 5. The van der Waals surface area contributed by atoms with Gasteiger partial charge in [-0.25, -0.2) is 19.2 Å². The lowest BCUT2D eigenvalue weighted by Gasteiger charge is -2.61. The topological polar surface area (TPSA) is 109 Å². The highest BCUT2D eigenvalue weighted by atomic mass is 19.4. The molecule has 4 aliphatic carbocycles. The Morgan fingerprint density at radius 2 is 2.06 bits per heavy atom. The Labute approximate surface area is 190 Å². The van der Waals surface area contributed by atoms with E-state index in [4.69, 9.17) is 4.74 Å². The molecular formula is C21H21F4N7O2. The summed E-state index contributed by atoms with van der Waals surface area (Å²) in [5, 5.41) is 12.6. The van der Waals surface area contributed by atoms with Gasteiger partial charge >= 0.3 is 12.3 Å². The number of hydrogen-bond donors (Lipinski definition) is 3. The van der Waals surface area contributed by atoms with Crippen LogP contribution in [0.4, 0.5) is 34.1 Å². The second-order valence-corrected chi connectivity index (χ2v) is 9.41. The summed E-state index contributed by atoms with van der Waals surface area (Å²) in [7, 11) is 0. The maximum absolute atomic E-state index is 15.1. The van der Waals surface area contributed by atoms with E-state index < -0.39 is 36.2 Å². The number of nitrogens with zero attached hydrogens (tertiary/aromatic N) is 4. The van der Waals surface area contributed by atoms with Crippen molar-refractivity contribution in [3.63, 3.8) is 0 Å². The van der Waals surface area contributed by atoms with Crippen LogP contribution >= 0.6 is 0 Å². The lowest BCUT2D eigenvalue weighted by Crippen LogP contribution is -2.68. The molecule has 3 heterocycles. The molecule has 0 radical (unpaired) electrons. The lowest BCUT2D eigenvalue weighted by atomic mass is 9.50. The van der Waals surface area contributed by atoms with E-state index in [0.29, 0.717) is 24.5 Å². The predicted molar refractivity (Wildman–Crippen MR) is 110 cm³/mol. The van der Waals surface area contributed by atoms with Crippen molar-refractivity contribution in [3.05, 3.63) is 35.9 Å². The van der Waals surface area contributed by atoms with Gasteiger partial charge in [-0.2, -0.15) is 18.3 Å². The Kier molecular flexibility index (Phi) is 4.55. The van der Waals surface area contributed by atoms with Crippen molar-refractivity contribution in [1.82, 2.24) is 29.9 Å². The van der Waals surface area contributed by atoms with Crippen molar-refractivity contribution in [2.75, 3.05) is 5.32 Å². The standard InChI is InChI=1S/C21H21F4N7O2/c22-17-11(1-2-13(17)34-19(33)29-20-6-10(7-20)8-20)12-5-15(31-30-12)28-18-26-4-3-16-27-14(9-32(16)18)21(23,24)25/h3-5,9-11,13,17H,1-2,6-8H2,(H,29,33)(H2,26,28,30,31)/t10?,11-,13-,17+,20?/m1/s1. The van der Waals surface area contributed by atoms with Crippen LogP contribution in [0.1, 0.15) is 49.4 Å². The summed E-state index contributed by atoms with van der Waals surface area (Å²) in [6.07, 6.45) is -1.50. The molecule has 3 atom stereocenters. The molecule has 0 aliphatic heterocycles. The van der Waals surface area contributed by atoms with Crippen LogP contribution in [-0.4, -0.2) is 48.5 Å². The first-order chi connectivity index (χ1) is 16.2. The fraction of sp³-hybridized carbons (Fsp3) is 0.524. The molecule has 0 spiro atoms. The summed E-state index contributed by atoms with van der Waals surface area (Å²) < 4.78 is 60.6. The van der Waals surface area contributed by atoms with E-state index in [1.807, 2.05) is 0 Å². The van der Waals surface area contributed by atoms with Gasteiger partial charge in [-0.15, -0.1) is 0 Å². The summed E-state index contributed by atoms with van der Waals surface area (Å²) in [6, 6.07) is 2.93. The number of amides is 1. The first-order valence-electron chi connectivity index (χ1n) is 11.1. The highest BCUT2D eigenvalue weighted by Crippen LogP contribution is 2.57. The highest BCUT2D eigenvalue weighted by Gasteiger charge is 2.58. The van der Waals surface area contributed by atoms with Gasteiger partial charge in [0.25, 0.3) is 0 Å². The molecule has 34 heavy (non-hydrogen) atoms. The Morgan fingerprint density at radius 3 is 2.76 bits per heavy atom. The zero-order chi connectivity index (χ0) is 23.7. The number of nitrogens with one attached hydrogen (secondary N) is 3. The van der Waals surface area contributed by atoms with Crippen molar-refractivity contribution in [3.8, 4) is 0 Å². The molecule has 4 aliphatic rings. The maximum Gasteiger partial charge on any atom is 0.434 e. The maximum atomic E-state index is 15.1. The van der Waals surface area contributed by atoms with Crippen molar-refractivity contribution in [2.45, 2.75) is 62.0 Å². The average Bonchev–Trinajstić information content (AvgIpc) is 3.43. The summed E-state index contributed by atoms with van der Waals surface area (Å²) in [5.41, 5.74) is -0.615. The largest absolute Gasteiger partial charge is 0.443 e. The number of hydrogen-bond acceptors (Lipinski definition) is 6. The number of halogens is 4. The molecule has 4 saturated carbocycles. The minimum absolute atomic E-state index is 0.0670. The quantitative estimate of drug-likeness (QED) is 0.476. The van der Waals surface area contributed by atoms with Crippen LogP contribution in [0.3, 0.4) is 0 Å². The Balaban J connectivity index is 1.12. The lowest BCUT2D eigenvalue weighted by molar-refractivity contribution is -0.140. The first kappa shape index (κ1) is 21.2. The smallest absolute Gasteiger partial charge is 0.434 e. The number of aromatic nitrogens is 5. The molecule has 13 heteroatoms. The fourth-order valence-electron chi connectivity index (χ4n) is 5.24. The number of anilines is 2. The summed E-state index contributed by atoms with van der Waals surface area (Å²) in [5.74, 6) is 0.490. The number of imidazole rings is 1. The van der Waals surface area contributed by atoms with E-state index in [9.17, 15) is 18.0 Å². The Bertz CT molecular complexity index is 1240. The fourth-order valence-corrected chi connectivity index (χ4v) is 5.24. The molecule has 1 amide bonds. The molecule has 0 saturated heterocycles. The SMILES string of the molecule is O=C(NC12CC(C1)C2)O[C@@H]1CC[C@H](c2cc(Nc3nccc4nc(C(F)(F)F)cn34)n[nH]2)[C@@H]1F. The van der Waals surface area contributed by atoms with Crippen molar-refractivity contribution in [1.29, 1.82) is 0 Å². The van der Waals surface area contributed by atoms with Gasteiger partial charge in [-0.3, -0.25) is 9.50 Å². The molecular weight excluding hydrogens is 458 g/mol. The molecule has 3 aromatic heterocycles. The van der Waals surface area contributed by atoms with Crippen LogP contribution in [0.15, 0.2) is 24.5 Å². The van der Waals surface area contributed by atoms with Crippen LogP contribution in [0.2, 0.25) is 0 Å². The summed E-state index contributed by atoms with van der Waals surface area (Å²) in [6.45, 7) is 0. The van der Waals surface area contributed by atoms with Crippen molar-refractivity contribution >= 4 is 23.5 Å². The highest BCUT2D eigenvalue weighted by molar-refractivity contribution is 5.69. The second-order valence-electron chi connectivity index (χ2n) is 9.41. The number of alkyl carbamates (subject to hydrolysis) is 1. The number of carbonyl (C=O) groups excluding carboxylic acids is 1. The normalized spacial score (nSPS) is 30.0. The van der Waals surface area contributed by atoms with Crippen LogP contribution in [0.5, 0.6) is 0 Å². The molecule has 2 bridgehead atoms. The van der Waals surface area contributed by atoms with E-state index in [0.717, 1.165) is 25.5 Å². The minimum atomic E-state index is -4.59. The van der Waals surface area contributed by atoms with Crippen molar-refractivity contribution in [2.24, 2.45) is 5.92 Å². The molecule has 9 nitrogen and oxygen atoms in total. The predicted octanol–water partition coefficient (Wildman–Crippen LogP) is 4.08. The van der Waals surface area contributed by atoms with Gasteiger partial charge in [0.2, 0.25) is 5.95 Å². The Morgan fingerprint density at radius 1 is 1.26 bits per heavy atom. The van der Waals surface area contributed by atoms with Gasteiger partial charge in [-0.1, -0.05) is 0 Å². The molecule has 180 valence electrons. The van der Waals surface area contributed by atoms with Crippen molar-refractivity contribution < 1.29 is 27.1 Å². The van der Waals surface area contributed by atoms with Crippen LogP contribution in [0.25, 0.3) is 5.65 Å². The number of aromatic amines is 1. The van der Waals surface area contributed by atoms with Gasteiger partial charge < -0.3 is 15.4 Å². The number of ether oxygens (including phenoxy) is 1. The zero-order valence-corrected chi connectivity index (χ0v) is 17.8. The summed E-state index contributed by atoms with van der Waals surface area (Å²) in [4.78, 5) is 19.8. The number of alkyl halides is 4. The van der Waals surface area contributed by atoms with E-state index in [1.54, 1.807) is 6.07 Å². The molecule has 4 fully saturated rings. The molecule has 7 rings (SSSR count). The van der Waals surface area contributed by atoms with Crippen LogP contribution in [0, 0.1) is 5.92 Å². The second kappa shape index (κ2) is 7.31.